The molecule has 0 saturated carbocycles. The van der Waals surface area contributed by atoms with E-state index in [4.69, 9.17) is 9.84 Å². The molecule has 2 aromatic heterocycles. The van der Waals surface area contributed by atoms with Gasteiger partial charge in [0.25, 0.3) is 5.91 Å². The summed E-state index contributed by atoms with van der Waals surface area (Å²) in [5, 5.41) is 6.81. The van der Waals surface area contributed by atoms with Crippen LogP contribution in [0.15, 0.2) is 78.2 Å². The van der Waals surface area contributed by atoms with E-state index in [1.807, 2.05) is 83.9 Å². The van der Waals surface area contributed by atoms with Crippen LogP contribution in [-0.2, 0) is 0 Å². The summed E-state index contributed by atoms with van der Waals surface area (Å²) in [5.74, 6) is 0.898. The van der Waals surface area contributed by atoms with Crippen LogP contribution in [0.3, 0.4) is 0 Å². The molecule has 168 valence electrons. The second-order valence-corrected chi connectivity index (χ2v) is 8.77. The molecular weight excluding hydrogens is 432 g/mol. The highest BCUT2D eigenvalue weighted by Crippen LogP contribution is 2.30. The molecule has 0 unspecified atom stereocenters. The fraction of sp³-hybridized carbons (Fsp3) is 0.231. The van der Waals surface area contributed by atoms with Gasteiger partial charge in [-0.25, -0.2) is 4.68 Å². The van der Waals surface area contributed by atoms with Gasteiger partial charge in [0, 0.05) is 26.2 Å². The Morgan fingerprint density at radius 1 is 0.970 bits per heavy atom. The molecule has 0 radical (unpaired) electrons. The average Bonchev–Trinajstić information content (AvgIpc) is 3.55. The van der Waals surface area contributed by atoms with Gasteiger partial charge in [-0.15, -0.1) is 11.3 Å². The van der Waals surface area contributed by atoms with Crippen molar-refractivity contribution in [3.8, 4) is 22.0 Å². The zero-order valence-electron chi connectivity index (χ0n) is 18.6. The lowest BCUT2D eigenvalue weighted by Crippen LogP contribution is -2.49. The molecule has 33 heavy (non-hydrogen) atoms. The second-order valence-electron chi connectivity index (χ2n) is 7.82. The fourth-order valence-electron chi connectivity index (χ4n) is 4.15. The maximum atomic E-state index is 13.6. The summed E-state index contributed by atoms with van der Waals surface area (Å²) in [4.78, 5) is 18.9. The largest absolute Gasteiger partial charge is 0.492 e. The Labute approximate surface area is 197 Å². The van der Waals surface area contributed by atoms with Crippen molar-refractivity contribution in [3.05, 3.63) is 83.9 Å². The number of carbonyl (C=O) groups excluding carboxylic acids is 1. The van der Waals surface area contributed by atoms with Crippen LogP contribution in [-0.4, -0.2) is 53.4 Å². The lowest BCUT2D eigenvalue weighted by atomic mass is 10.2. The third-order valence-electron chi connectivity index (χ3n) is 5.78. The number of nitrogens with zero attached hydrogens (tertiary/aromatic N) is 4. The first kappa shape index (κ1) is 21.3. The highest BCUT2D eigenvalue weighted by Gasteiger charge is 2.27. The number of benzene rings is 2. The summed E-state index contributed by atoms with van der Waals surface area (Å²) in [6.45, 7) is 5.43. The van der Waals surface area contributed by atoms with Crippen LogP contribution in [0.5, 0.6) is 5.75 Å². The van der Waals surface area contributed by atoms with Crippen molar-refractivity contribution in [1.82, 2.24) is 14.7 Å². The highest BCUT2D eigenvalue weighted by atomic mass is 32.1. The number of rotatable bonds is 6. The van der Waals surface area contributed by atoms with Crippen LogP contribution in [0.1, 0.15) is 17.4 Å². The molecule has 3 heterocycles. The van der Waals surface area contributed by atoms with Crippen LogP contribution in [0.25, 0.3) is 16.3 Å². The van der Waals surface area contributed by atoms with E-state index in [9.17, 15) is 4.79 Å². The van der Waals surface area contributed by atoms with Crippen LogP contribution in [0.2, 0.25) is 0 Å². The molecule has 1 aliphatic heterocycles. The Bertz CT molecular complexity index is 1210. The summed E-state index contributed by atoms with van der Waals surface area (Å²) < 4.78 is 7.58. The molecule has 1 fully saturated rings. The monoisotopic (exact) mass is 458 g/mol. The van der Waals surface area contributed by atoms with Gasteiger partial charge in [0.05, 0.1) is 22.9 Å². The molecule has 1 amide bonds. The van der Waals surface area contributed by atoms with Gasteiger partial charge in [0.2, 0.25) is 0 Å². The van der Waals surface area contributed by atoms with Gasteiger partial charge in [0.1, 0.15) is 17.1 Å². The van der Waals surface area contributed by atoms with E-state index in [1.165, 1.54) is 0 Å². The first-order valence-corrected chi connectivity index (χ1v) is 12.1. The molecular formula is C26H26N4O2S. The van der Waals surface area contributed by atoms with E-state index in [1.54, 1.807) is 16.0 Å². The van der Waals surface area contributed by atoms with Gasteiger partial charge >= 0.3 is 0 Å². The SMILES string of the molecule is CCOc1ccccc1N1CCN(C(=O)c2cc(-c3cccs3)nn2-c2ccccc2)CC1. The molecule has 1 saturated heterocycles. The molecule has 7 heteroatoms. The van der Waals surface area contributed by atoms with E-state index < -0.39 is 0 Å². The van der Waals surface area contributed by atoms with Crippen LogP contribution < -0.4 is 9.64 Å². The highest BCUT2D eigenvalue weighted by molar-refractivity contribution is 7.13. The van der Waals surface area contributed by atoms with Gasteiger partial charge in [-0.3, -0.25) is 4.79 Å². The maximum Gasteiger partial charge on any atom is 0.272 e. The van der Waals surface area contributed by atoms with E-state index >= 15 is 0 Å². The average molecular weight is 459 g/mol. The number of hydrogen-bond acceptors (Lipinski definition) is 5. The number of hydrogen-bond donors (Lipinski definition) is 0. The predicted molar refractivity (Wildman–Crippen MR) is 133 cm³/mol. The first-order valence-electron chi connectivity index (χ1n) is 11.2. The zero-order chi connectivity index (χ0) is 22.6. The van der Waals surface area contributed by atoms with Gasteiger partial charge in [-0.05, 0) is 48.7 Å². The Morgan fingerprint density at radius 3 is 2.45 bits per heavy atom. The van der Waals surface area contributed by atoms with Gasteiger partial charge in [0.15, 0.2) is 0 Å². The number of anilines is 1. The van der Waals surface area contributed by atoms with Gasteiger partial charge in [-0.2, -0.15) is 5.10 Å². The fourth-order valence-corrected chi connectivity index (χ4v) is 4.83. The van der Waals surface area contributed by atoms with Crippen LogP contribution in [0.4, 0.5) is 5.69 Å². The second kappa shape index (κ2) is 9.50. The topological polar surface area (TPSA) is 50.6 Å². The van der Waals surface area contributed by atoms with E-state index in [-0.39, 0.29) is 5.91 Å². The number of ether oxygens (including phenoxy) is 1. The quantitative estimate of drug-likeness (QED) is 0.410. The summed E-state index contributed by atoms with van der Waals surface area (Å²) in [6.07, 6.45) is 0. The predicted octanol–water partition coefficient (Wildman–Crippen LogP) is 4.96. The molecule has 0 N–H and O–H groups in total. The first-order chi connectivity index (χ1) is 16.2. The van der Waals surface area contributed by atoms with E-state index in [0.717, 1.165) is 40.8 Å². The van der Waals surface area contributed by atoms with Crippen molar-refractivity contribution in [2.24, 2.45) is 0 Å². The minimum absolute atomic E-state index is 0.00639. The Hall–Kier alpha value is -3.58. The van der Waals surface area contributed by atoms with Crippen molar-refractivity contribution < 1.29 is 9.53 Å². The molecule has 6 nitrogen and oxygen atoms in total. The minimum Gasteiger partial charge on any atom is -0.492 e. The third-order valence-corrected chi connectivity index (χ3v) is 6.67. The minimum atomic E-state index is 0.00639. The number of amides is 1. The molecule has 2 aromatic carbocycles. The smallest absolute Gasteiger partial charge is 0.272 e. The summed E-state index contributed by atoms with van der Waals surface area (Å²) in [7, 11) is 0. The van der Waals surface area contributed by atoms with Gasteiger partial charge in [-0.1, -0.05) is 36.4 Å². The normalized spacial score (nSPS) is 13.8. The molecule has 0 bridgehead atoms. The van der Waals surface area contributed by atoms with Crippen molar-refractivity contribution in [1.29, 1.82) is 0 Å². The van der Waals surface area contributed by atoms with Crippen molar-refractivity contribution >= 4 is 22.9 Å². The Kier molecular flexibility index (Phi) is 6.13. The molecule has 4 aromatic rings. The summed E-state index contributed by atoms with van der Waals surface area (Å²) in [5.41, 5.74) is 3.38. The lowest BCUT2D eigenvalue weighted by molar-refractivity contribution is 0.0737. The molecule has 0 spiro atoms. The number of para-hydroxylation sites is 3. The van der Waals surface area contributed by atoms with Crippen LogP contribution in [0, 0.1) is 0 Å². The molecule has 5 rings (SSSR count). The number of carbonyl (C=O) groups is 1. The molecule has 0 aliphatic carbocycles. The molecule has 0 atom stereocenters. The Balaban J connectivity index is 1.38. The van der Waals surface area contributed by atoms with Crippen LogP contribution >= 0.6 is 11.3 Å². The van der Waals surface area contributed by atoms with E-state index in [0.29, 0.717) is 25.4 Å². The van der Waals surface area contributed by atoms with Gasteiger partial charge < -0.3 is 14.5 Å². The number of piperazine rings is 1. The van der Waals surface area contributed by atoms with Crippen molar-refractivity contribution in [2.75, 3.05) is 37.7 Å². The summed E-state index contributed by atoms with van der Waals surface area (Å²) >= 11 is 1.62. The summed E-state index contributed by atoms with van der Waals surface area (Å²) in [6, 6.07) is 23.9. The van der Waals surface area contributed by atoms with E-state index in [2.05, 4.69) is 11.0 Å². The lowest BCUT2D eigenvalue weighted by Gasteiger charge is -2.36. The maximum absolute atomic E-state index is 13.6. The molecule has 1 aliphatic rings. The number of thiophene rings is 1. The van der Waals surface area contributed by atoms with Crippen molar-refractivity contribution in [2.45, 2.75) is 6.92 Å². The zero-order valence-corrected chi connectivity index (χ0v) is 19.4. The Morgan fingerprint density at radius 2 is 1.73 bits per heavy atom. The number of aromatic nitrogens is 2. The third kappa shape index (κ3) is 4.36. The van der Waals surface area contributed by atoms with Crippen molar-refractivity contribution in [3.63, 3.8) is 0 Å². The standard InChI is InChI=1S/C26H26N4O2S/c1-2-32-24-12-7-6-11-22(24)28-14-16-29(17-15-28)26(31)23-19-21(25-13-8-18-33-25)27-30(23)20-9-4-3-5-10-20/h3-13,18-19H,2,14-17H2,1H3.